The summed E-state index contributed by atoms with van der Waals surface area (Å²) in [6.07, 6.45) is 2.13. The lowest BCUT2D eigenvalue weighted by molar-refractivity contribution is 0.322. The van der Waals surface area contributed by atoms with Crippen molar-refractivity contribution < 1.29 is 13.2 Å². The van der Waals surface area contributed by atoms with Crippen LogP contribution in [-0.4, -0.2) is 21.6 Å². The van der Waals surface area contributed by atoms with Gasteiger partial charge in [-0.05, 0) is 36.2 Å². The van der Waals surface area contributed by atoms with Crippen molar-refractivity contribution in [3.63, 3.8) is 0 Å². The molecule has 0 saturated carbocycles. The van der Waals surface area contributed by atoms with Crippen LogP contribution in [0.2, 0.25) is 10.0 Å². The summed E-state index contributed by atoms with van der Waals surface area (Å²) in [5, 5.41) is 0.669. The van der Waals surface area contributed by atoms with E-state index in [1.54, 1.807) is 18.2 Å². The summed E-state index contributed by atoms with van der Waals surface area (Å²) in [5.74, 6) is 0.449. The summed E-state index contributed by atoms with van der Waals surface area (Å²) in [6.45, 7) is 2.54. The van der Waals surface area contributed by atoms with Gasteiger partial charge in [-0.2, -0.15) is 0 Å². The Balaban J connectivity index is 1.82. The molecule has 0 spiro atoms. The van der Waals surface area contributed by atoms with Crippen LogP contribution >= 0.6 is 23.2 Å². The van der Waals surface area contributed by atoms with Gasteiger partial charge in [0, 0.05) is 22.2 Å². The SMILES string of the molecule is CCCc1ccc(OCCNS(=O)(=O)Cc2c(Cl)cccc2Cl)cc1. The van der Waals surface area contributed by atoms with Gasteiger partial charge in [0.2, 0.25) is 10.0 Å². The molecule has 0 radical (unpaired) electrons. The Kier molecular flexibility index (Phi) is 7.56. The fourth-order valence-electron chi connectivity index (χ4n) is 2.32. The Hall–Kier alpha value is -1.27. The molecule has 2 rings (SSSR count). The average molecular weight is 402 g/mol. The second kappa shape index (κ2) is 9.43. The van der Waals surface area contributed by atoms with E-state index in [1.165, 1.54) is 5.56 Å². The molecule has 0 saturated heterocycles. The molecule has 0 bridgehead atoms. The minimum absolute atomic E-state index is 0.168. The minimum atomic E-state index is -3.55. The van der Waals surface area contributed by atoms with E-state index < -0.39 is 10.0 Å². The van der Waals surface area contributed by atoms with Crippen LogP contribution in [0.15, 0.2) is 42.5 Å². The molecule has 0 aliphatic carbocycles. The van der Waals surface area contributed by atoms with Gasteiger partial charge in [0.25, 0.3) is 0 Å². The molecule has 7 heteroatoms. The summed E-state index contributed by atoms with van der Waals surface area (Å²) >= 11 is 12.0. The summed E-state index contributed by atoms with van der Waals surface area (Å²) < 4.78 is 32.3. The first-order valence-corrected chi connectivity index (χ1v) is 10.4. The number of hydrogen-bond donors (Lipinski definition) is 1. The third-order valence-electron chi connectivity index (χ3n) is 3.55. The summed E-state index contributed by atoms with van der Waals surface area (Å²) in [6, 6.07) is 12.7. The Morgan fingerprint density at radius 3 is 2.28 bits per heavy atom. The van der Waals surface area contributed by atoms with E-state index in [0.29, 0.717) is 21.4 Å². The van der Waals surface area contributed by atoms with E-state index in [4.69, 9.17) is 27.9 Å². The molecule has 0 aliphatic heterocycles. The second-order valence-corrected chi connectivity index (χ2v) is 8.22. The summed E-state index contributed by atoms with van der Waals surface area (Å²) in [7, 11) is -3.55. The normalized spacial score (nSPS) is 11.5. The highest BCUT2D eigenvalue weighted by molar-refractivity contribution is 7.88. The number of aryl methyl sites for hydroxylation is 1. The van der Waals surface area contributed by atoms with Crippen molar-refractivity contribution in [2.75, 3.05) is 13.2 Å². The summed E-state index contributed by atoms with van der Waals surface area (Å²) in [4.78, 5) is 0. The molecule has 25 heavy (non-hydrogen) atoms. The van der Waals surface area contributed by atoms with E-state index in [9.17, 15) is 8.42 Å². The summed E-state index contributed by atoms with van der Waals surface area (Å²) in [5.41, 5.74) is 1.65. The van der Waals surface area contributed by atoms with Crippen molar-refractivity contribution in [3.05, 3.63) is 63.6 Å². The number of hydrogen-bond acceptors (Lipinski definition) is 3. The van der Waals surface area contributed by atoms with Crippen LogP contribution in [0.5, 0.6) is 5.75 Å². The maximum absolute atomic E-state index is 12.1. The molecule has 0 unspecified atom stereocenters. The van der Waals surface area contributed by atoms with Crippen molar-refractivity contribution in [2.24, 2.45) is 0 Å². The molecular formula is C18H21Cl2NO3S. The van der Waals surface area contributed by atoms with Gasteiger partial charge in [-0.25, -0.2) is 13.1 Å². The molecule has 0 amide bonds. The number of sulfonamides is 1. The lowest BCUT2D eigenvalue weighted by Gasteiger charge is -2.11. The van der Waals surface area contributed by atoms with Crippen LogP contribution in [0.1, 0.15) is 24.5 Å². The van der Waals surface area contributed by atoms with Gasteiger partial charge < -0.3 is 4.74 Å². The third kappa shape index (κ3) is 6.51. The number of ether oxygens (including phenoxy) is 1. The molecule has 0 fully saturated rings. The Bertz CT molecular complexity index is 772. The van der Waals surface area contributed by atoms with Crippen LogP contribution in [0.4, 0.5) is 0 Å². The standard InChI is InChI=1S/C18H21Cl2NO3S/c1-2-4-14-7-9-15(10-8-14)24-12-11-21-25(22,23)13-16-17(19)5-3-6-18(16)20/h3,5-10,21H,2,4,11-13H2,1H3. The number of nitrogens with one attached hydrogen (secondary N) is 1. The first-order chi connectivity index (χ1) is 11.9. The van der Waals surface area contributed by atoms with Crippen molar-refractivity contribution in [1.82, 2.24) is 4.72 Å². The maximum atomic E-state index is 12.1. The highest BCUT2D eigenvalue weighted by Crippen LogP contribution is 2.25. The highest BCUT2D eigenvalue weighted by atomic mass is 35.5. The van der Waals surface area contributed by atoms with E-state index in [1.807, 2.05) is 24.3 Å². The average Bonchev–Trinajstić information content (AvgIpc) is 2.57. The van der Waals surface area contributed by atoms with E-state index in [0.717, 1.165) is 12.8 Å². The van der Waals surface area contributed by atoms with Gasteiger partial charge in [-0.1, -0.05) is 54.7 Å². The van der Waals surface area contributed by atoms with Crippen LogP contribution in [0.3, 0.4) is 0 Å². The van der Waals surface area contributed by atoms with Gasteiger partial charge >= 0.3 is 0 Å². The maximum Gasteiger partial charge on any atom is 0.216 e. The molecule has 1 N–H and O–H groups in total. The molecule has 0 aliphatic rings. The zero-order chi connectivity index (χ0) is 18.3. The fourth-order valence-corrected chi connectivity index (χ4v) is 4.20. The van der Waals surface area contributed by atoms with Gasteiger partial charge in [-0.3, -0.25) is 0 Å². The molecule has 0 atom stereocenters. The monoisotopic (exact) mass is 401 g/mol. The third-order valence-corrected chi connectivity index (χ3v) is 5.57. The van der Waals surface area contributed by atoms with Crippen molar-refractivity contribution in [1.29, 1.82) is 0 Å². The fraction of sp³-hybridized carbons (Fsp3) is 0.333. The van der Waals surface area contributed by atoms with Gasteiger partial charge in [0.05, 0.1) is 5.75 Å². The second-order valence-electron chi connectivity index (χ2n) is 5.60. The molecule has 0 aromatic heterocycles. The molecule has 2 aromatic rings. The molecular weight excluding hydrogens is 381 g/mol. The predicted octanol–water partition coefficient (Wildman–Crippen LogP) is 4.44. The topological polar surface area (TPSA) is 55.4 Å². The lowest BCUT2D eigenvalue weighted by Crippen LogP contribution is -2.29. The zero-order valence-electron chi connectivity index (χ0n) is 14.0. The zero-order valence-corrected chi connectivity index (χ0v) is 16.3. The molecule has 136 valence electrons. The van der Waals surface area contributed by atoms with Crippen LogP contribution in [0, 0.1) is 0 Å². The molecule has 4 nitrogen and oxygen atoms in total. The van der Waals surface area contributed by atoms with E-state index in [-0.39, 0.29) is 18.9 Å². The lowest BCUT2D eigenvalue weighted by atomic mass is 10.1. The molecule has 0 heterocycles. The van der Waals surface area contributed by atoms with Crippen LogP contribution in [-0.2, 0) is 22.2 Å². The Morgan fingerprint density at radius 1 is 1.04 bits per heavy atom. The van der Waals surface area contributed by atoms with E-state index >= 15 is 0 Å². The highest BCUT2D eigenvalue weighted by Gasteiger charge is 2.16. The predicted molar refractivity (Wildman–Crippen MR) is 103 cm³/mol. The minimum Gasteiger partial charge on any atom is -0.492 e. The van der Waals surface area contributed by atoms with Gasteiger partial charge in [0.1, 0.15) is 12.4 Å². The van der Waals surface area contributed by atoms with Gasteiger partial charge in [-0.15, -0.1) is 0 Å². The van der Waals surface area contributed by atoms with Crippen molar-refractivity contribution >= 4 is 33.2 Å². The Labute approximate surface area is 159 Å². The van der Waals surface area contributed by atoms with E-state index in [2.05, 4.69) is 11.6 Å². The smallest absolute Gasteiger partial charge is 0.216 e. The van der Waals surface area contributed by atoms with Crippen molar-refractivity contribution in [3.8, 4) is 5.75 Å². The Morgan fingerprint density at radius 2 is 1.68 bits per heavy atom. The molecule has 2 aromatic carbocycles. The van der Waals surface area contributed by atoms with Crippen LogP contribution in [0.25, 0.3) is 0 Å². The number of rotatable bonds is 9. The first kappa shape index (κ1) is 20.0. The number of halogens is 2. The first-order valence-electron chi connectivity index (χ1n) is 8.03. The van der Waals surface area contributed by atoms with Crippen molar-refractivity contribution in [2.45, 2.75) is 25.5 Å². The van der Waals surface area contributed by atoms with Crippen LogP contribution < -0.4 is 9.46 Å². The quantitative estimate of drug-likeness (QED) is 0.631. The largest absolute Gasteiger partial charge is 0.492 e. The number of benzene rings is 2. The van der Waals surface area contributed by atoms with Gasteiger partial charge in [0.15, 0.2) is 0 Å².